The van der Waals surface area contributed by atoms with Gasteiger partial charge in [0.25, 0.3) is 5.91 Å². The van der Waals surface area contributed by atoms with Crippen molar-refractivity contribution < 1.29 is 4.79 Å². The van der Waals surface area contributed by atoms with Crippen molar-refractivity contribution >= 4 is 16.8 Å². The van der Waals surface area contributed by atoms with Gasteiger partial charge in [0.2, 0.25) is 0 Å². The molecule has 2 N–H and O–H groups in total. The third-order valence-electron chi connectivity index (χ3n) is 4.48. The smallest absolute Gasteiger partial charge is 0.252 e. The first-order chi connectivity index (χ1) is 9.74. The van der Waals surface area contributed by atoms with Crippen molar-refractivity contribution in [3.63, 3.8) is 0 Å². The minimum absolute atomic E-state index is 0.0334. The van der Waals surface area contributed by atoms with Gasteiger partial charge in [-0.2, -0.15) is 0 Å². The van der Waals surface area contributed by atoms with Crippen molar-refractivity contribution in [1.29, 1.82) is 0 Å². The number of fused-ring (bicyclic) bond motifs is 2. The number of para-hydroxylation sites is 1. The van der Waals surface area contributed by atoms with Crippen molar-refractivity contribution in [3.05, 3.63) is 41.6 Å². The van der Waals surface area contributed by atoms with Gasteiger partial charge in [-0.15, -0.1) is 0 Å². The number of nitrogens with one attached hydrogen (secondary N) is 2. The maximum atomic E-state index is 12.5. The summed E-state index contributed by atoms with van der Waals surface area (Å²) in [5.74, 6) is 1.30. The van der Waals surface area contributed by atoms with Crippen LogP contribution in [-0.2, 0) is 0 Å². The topological polar surface area (TPSA) is 54.0 Å². The molecule has 0 bridgehead atoms. The molecule has 1 aromatic heterocycles. The summed E-state index contributed by atoms with van der Waals surface area (Å²) in [4.78, 5) is 17.0. The molecule has 0 radical (unpaired) electrons. The second kappa shape index (κ2) is 4.28. The van der Waals surface area contributed by atoms with Crippen LogP contribution in [0.1, 0.15) is 16.1 Å². The normalized spacial score (nSPS) is 27.4. The predicted octanol–water partition coefficient (Wildman–Crippen LogP) is 1.49. The highest BCUT2D eigenvalue weighted by Crippen LogP contribution is 2.41. The Morgan fingerprint density at radius 3 is 2.85 bits per heavy atom. The fourth-order valence-electron chi connectivity index (χ4n) is 3.36. The highest BCUT2D eigenvalue weighted by Gasteiger charge is 2.53. The number of carbonyl (C=O) groups excluding carboxylic acids is 1. The Morgan fingerprint density at radius 2 is 2.05 bits per heavy atom. The zero-order valence-corrected chi connectivity index (χ0v) is 11.4. The molecule has 2 aromatic rings. The lowest BCUT2D eigenvalue weighted by atomic mass is 10.1. The summed E-state index contributed by atoms with van der Waals surface area (Å²) in [5.41, 5.74) is 2.51. The fraction of sp³-hybridized carbons (Fsp3) is 0.375. The molecular formula is C16H17N3O. The van der Waals surface area contributed by atoms with Gasteiger partial charge in [0, 0.05) is 30.2 Å². The number of hydrogen-bond acceptors (Lipinski definition) is 3. The molecule has 1 aromatic carbocycles. The Balaban J connectivity index is 1.65. The lowest BCUT2D eigenvalue weighted by Gasteiger charge is -2.10. The van der Waals surface area contributed by atoms with Crippen molar-refractivity contribution in [2.45, 2.75) is 13.0 Å². The molecule has 1 aliphatic carbocycles. The van der Waals surface area contributed by atoms with E-state index in [2.05, 4.69) is 15.6 Å². The van der Waals surface area contributed by atoms with Crippen LogP contribution in [0.2, 0.25) is 0 Å². The quantitative estimate of drug-likeness (QED) is 0.867. The van der Waals surface area contributed by atoms with Crippen LogP contribution in [0.5, 0.6) is 0 Å². The second-order valence-electron chi connectivity index (χ2n) is 5.81. The van der Waals surface area contributed by atoms with Gasteiger partial charge in [0.1, 0.15) is 0 Å². The van der Waals surface area contributed by atoms with E-state index in [0.29, 0.717) is 17.9 Å². The average molecular weight is 267 g/mol. The molecule has 2 unspecified atom stereocenters. The Labute approximate surface area is 117 Å². The van der Waals surface area contributed by atoms with Gasteiger partial charge in [0.05, 0.1) is 11.1 Å². The maximum Gasteiger partial charge on any atom is 0.252 e. The van der Waals surface area contributed by atoms with Gasteiger partial charge in [-0.25, -0.2) is 0 Å². The second-order valence-corrected chi connectivity index (χ2v) is 5.81. The summed E-state index contributed by atoms with van der Waals surface area (Å²) < 4.78 is 0. The van der Waals surface area contributed by atoms with Crippen LogP contribution in [-0.4, -0.2) is 30.0 Å². The zero-order valence-electron chi connectivity index (χ0n) is 11.4. The average Bonchev–Trinajstić information content (AvgIpc) is 2.87. The highest BCUT2D eigenvalue weighted by molar-refractivity contribution is 6.06. The Hall–Kier alpha value is -1.94. The van der Waals surface area contributed by atoms with Gasteiger partial charge in [-0.3, -0.25) is 9.78 Å². The number of amides is 1. The SMILES string of the molecule is Cc1cc(C(=O)NC2C3CNCC32)c2ccccc2n1. The van der Waals surface area contributed by atoms with E-state index in [-0.39, 0.29) is 5.91 Å². The van der Waals surface area contributed by atoms with Gasteiger partial charge in [0.15, 0.2) is 0 Å². The van der Waals surface area contributed by atoms with E-state index >= 15 is 0 Å². The summed E-state index contributed by atoms with van der Waals surface area (Å²) in [5, 5.41) is 7.46. The van der Waals surface area contributed by atoms with E-state index in [9.17, 15) is 4.79 Å². The fourth-order valence-corrected chi connectivity index (χ4v) is 3.36. The molecule has 2 aliphatic rings. The van der Waals surface area contributed by atoms with Gasteiger partial charge >= 0.3 is 0 Å². The molecule has 4 heteroatoms. The van der Waals surface area contributed by atoms with E-state index in [0.717, 1.165) is 35.2 Å². The third kappa shape index (κ3) is 1.79. The van der Waals surface area contributed by atoms with Gasteiger partial charge in [-0.1, -0.05) is 18.2 Å². The molecule has 2 atom stereocenters. The molecule has 2 heterocycles. The molecule has 1 saturated carbocycles. The summed E-state index contributed by atoms with van der Waals surface area (Å²) in [6, 6.07) is 10.1. The molecule has 20 heavy (non-hydrogen) atoms. The number of hydrogen-bond donors (Lipinski definition) is 2. The monoisotopic (exact) mass is 267 g/mol. The molecule has 1 amide bonds. The summed E-state index contributed by atoms with van der Waals surface area (Å²) in [7, 11) is 0. The number of pyridine rings is 1. The number of aryl methyl sites for hydroxylation is 1. The lowest BCUT2D eigenvalue weighted by molar-refractivity contribution is 0.0948. The van der Waals surface area contributed by atoms with Crippen LogP contribution in [0.3, 0.4) is 0 Å². The van der Waals surface area contributed by atoms with Crippen molar-refractivity contribution in [2.24, 2.45) is 11.8 Å². The Morgan fingerprint density at radius 1 is 1.30 bits per heavy atom. The number of benzene rings is 1. The molecule has 1 saturated heterocycles. The summed E-state index contributed by atoms with van der Waals surface area (Å²) in [6.45, 7) is 4.00. The number of carbonyl (C=O) groups is 1. The van der Waals surface area contributed by atoms with E-state index < -0.39 is 0 Å². The predicted molar refractivity (Wildman–Crippen MR) is 77.6 cm³/mol. The molecule has 2 fully saturated rings. The van der Waals surface area contributed by atoms with Crippen LogP contribution in [0.15, 0.2) is 30.3 Å². The lowest BCUT2D eigenvalue weighted by Crippen LogP contribution is -2.32. The molecule has 1 aliphatic heterocycles. The minimum atomic E-state index is 0.0334. The zero-order chi connectivity index (χ0) is 13.7. The number of piperidine rings is 1. The van der Waals surface area contributed by atoms with Crippen LogP contribution < -0.4 is 10.6 Å². The van der Waals surface area contributed by atoms with E-state index in [1.54, 1.807) is 0 Å². The van der Waals surface area contributed by atoms with Crippen LogP contribution in [0.25, 0.3) is 10.9 Å². The van der Waals surface area contributed by atoms with Crippen LogP contribution >= 0.6 is 0 Å². The number of rotatable bonds is 2. The van der Waals surface area contributed by atoms with Crippen LogP contribution in [0.4, 0.5) is 0 Å². The van der Waals surface area contributed by atoms with E-state index in [1.165, 1.54) is 0 Å². The number of aromatic nitrogens is 1. The van der Waals surface area contributed by atoms with Crippen molar-refractivity contribution in [2.75, 3.05) is 13.1 Å². The third-order valence-corrected chi connectivity index (χ3v) is 4.48. The Kier molecular flexibility index (Phi) is 2.54. The van der Waals surface area contributed by atoms with Crippen molar-refractivity contribution in [1.82, 2.24) is 15.6 Å². The van der Waals surface area contributed by atoms with Gasteiger partial charge < -0.3 is 10.6 Å². The molecule has 4 rings (SSSR count). The molecule has 0 spiro atoms. The van der Waals surface area contributed by atoms with E-state index in [4.69, 9.17) is 0 Å². The van der Waals surface area contributed by atoms with Crippen LogP contribution in [0, 0.1) is 18.8 Å². The molecule has 4 nitrogen and oxygen atoms in total. The first-order valence-corrected chi connectivity index (χ1v) is 7.12. The van der Waals surface area contributed by atoms with Crippen molar-refractivity contribution in [3.8, 4) is 0 Å². The molecular weight excluding hydrogens is 250 g/mol. The maximum absolute atomic E-state index is 12.5. The number of nitrogens with zero attached hydrogens (tertiary/aromatic N) is 1. The molecule has 102 valence electrons. The van der Waals surface area contributed by atoms with E-state index in [1.807, 2.05) is 37.3 Å². The largest absolute Gasteiger partial charge is 0.349 e. The Bertz CT molecular complexity index is 687. The first kappa shape index (κ1) is 11.9. The highest BCUT2D eigenvalue weighted by atomic mass is 16.1. The summed E-state index contributed by atoms with van der Waals surface area (Å²) >= 11 is 0. The van der Waals surface area contributed by atoms with Gasteiger partial charge in [-0.05, 0) is 30.9 Å². The minimum Gasteiger partial charge on any atom is -0.349 e. The standard InChI is InChI=1S/C16H17N3O/c1-9-6-11(10-4-2-3-5-14(10)18-9)16(20)19-15-12-7-17-8-13(12)15/h2-6,12-13,15,17H,7-8H2,1H3,(H,19,20). The summed E-state index contributed by atoms with van der Waals surface area (Å²) in [6.07, 6.45) is 0. The first-order valence-electron chi connectivity index (χ1n) is 7.12.